The topological polar surface area (TPSA) is 77.2 Å². The first-order valence-corrected chi connectivity index (χ1v) is 11.7. The molecule has 3 aromatic carbocycles. The number of ether oxygens (including phenoxy) is 1. The van der Waals surface area contributed by atoms with E-state index in [-0.39, 0.29) is 17.6 Å². The van der Waals surface area contributed by atoms with E-state index in [1.165, 1.54) is 17.3 Å². The van der Waals surface area contributed by atoms with Crippen molar-refractivity contribution < 1.29 is 13.9 Å². The van der Waals surface area contributed by atoms with E-state index in [4.69, 9.17) is 9.15 Å². The van der Waals surface area contributed by atoms with E-state index in [2.05, 4.69) is 34.6 Å². The third-order valence-electron chi connectivity index (χ3n) is 5.01. The summed E-state index contributed by atoms with van der Waals surface area (Å²) in [6.45, 7) is 2.62. The predicted octanol–water partition coefficient (Wildman–Crippen LogP) is 5.73. The highest BCUT2D eigenvalue weighted by atomic mass is 32.2. The van der Waals surface area contributed by atoms with Crippen LogP contribution in [0.2, 0.25) is 0 Å². The van der Waals surface area contributed by atoms with E-state index in [1.54, 1.807) is 0 Å². The van der Waals surface area contributed by atoms with E-state index in [0.29, 0.717) is 29.8 Å². The highest BCUT2D eigenvalue weighted by Gasteiger charge is 2.14. The molecule has 4 rings (SSSR count). The molecule has 1 amide bonds. The van der Waals surface area contributed by atoms with E-state index in [1.807, 2.05) is 72.8 Å². The second-order valence-corrected chi connectivity index (χ2v) is 8.54. The van der Waals surface area contributed by atoms with Gasteiger partial charge in [-0.05, 0) is 41.3 Å². The average Bonchev–Trinajstić information content (AvgIpc) is 3.31. The van der Waals surface area contributed by atoms with Gasteiger partial charge in [-0.2, -0.15) is 0 Å². The second-order valence-electron chi connectivity index (χ2n) is 7.61. The molecule has 0 fully saturated rings. The molecular weight excluding hydrogens is 434 g/mol. The van der Waals surface area contributed by atoms with Crippen molar-refractivity contribution in [3.63, 3.8) is 0 Å². The number of nitrogens with one attached hydrogen (secondary N) is 1. The minimum Gasteiger partial charge on any atom is -0.489 e. The van der Waals surface area contributed by atoms with Gasteiger partial charge in [0.15, 0.2) is 0 Å². The van der Waals surface area contributed by atoms with Gasteiger partial charge in [0.2, 0.25) is 11.8 Å². The summed E-state index contributed by atoms with van der Waals surface area (Å²) in [5.41, 5.74) is 3.03. The number of carbonyl (C=O) groups excluding carboxylic acids is 1. The third-order valence-corrected chi connectivity index (χ3v) is 5.83. The molecule has 168 valence electrons. The fourth-order valence-corrected chi connectivity index (χ4v) is 3.82. The summed E-state index contributed by atoms with van der Waals surface area (Å²) in [6, 6.07) is 27.5. The van der Waals surface area contributed by atoms with Gasteiger partial charge in [-0.1, -0.05) is 79.3 Å². The zero-order chi connectivity index (χ0) is 22.9. The Morgan fingerprint density at radius 1 is 0.970 bits per heavy atom. The summed E-state index contributed by atoms with van der Waals surface area (Å²) in [7, 11) is 0. The molecule has 1 aromatic heterocycles. The van der Waals surface area contributed by atoms with Gasteiger partial charge in [-0.3, -0.25) is 4.79 Å². The van der Waals surface area contributed by atoms with Crippen LogP contribution >= 0.6 is 11.8 Å². The zero-order valence-electron chi connectivity index (χ0n) is 18.3. The molecule has 0 aliphatic rings. The maximum atomic E-state index is 12.3. The van der Waals surface area contributed by atoms with Crippen LogP contribution in [0.5, 0.6) is 5.75 Å². The smallest absolute Gasteiger partial charge is 0.277 e. The van der Waals surface area contributed by atoms with Gasteiger partial charge in [0.05, 0.1) is 5.75 Å². The van der Waals surface area contributed by atoms with Crippen LogP contribution in [0.1, 0.15) is 29.9 Å². The lowest BCUT2D eigenvalue weighted by atomic mass is 9.98. The van der Waals surface area contributed by atoms with Crippen LogP contribution in [0, 0.1) is 0 Å². The molecular formula is C26H25N3O3S. The number of rotatable bonds is 10. The van der Waals surface area contributed by atoms with Gasteiger partial charge in [-0.25, -0.2) is 0 Å². The summed E-state index contributed by atoms with van der Waals surface area (Å²) in [4.78, 5) is 12.3. The lowest BCUT2D eigenvalue weighted by Crippen LogP contribution is -2.13. The average molecular weight is 460 g/mol. The van der Waals surface area contributed by atoms with Gasteiger partial charge in [0.25, 0.3) is 5.22 Å². The SMILES string of the molecule is CC(Cc1nnc(SCC(=O)Nc2ccc(OCc3ccccc3)cc2)o1)c1ccccc1. The quantitative estimate of drug-likeness (QED) is 0.305. The highest BCUT2D eigenvalue weighted by molar-refractivity contribution is 7.99. The second kappa shape index (κ2) is 11.3. The number of aromatic nitrogens is 2. The van der Waals surface area contributed by atoms with Crippen LogP contribution in [-0.4, -0.2) is 21.9 Å². The van der Waals surface area contributed by atoms with Crippen LogP contribution in [0.25, 0.3) is 0 Å². The molecule has 0 saturated carbocycles. The van der Waals surface area contributed by atoms with Crippen LogP contribution in [0.15, 0.2) is 94.6 Å². The fourth-order valence-electron chi connectivity index (χ4n) is 3.24. The molecule has 0 bridgehead atoms. The Morgan fingerprint density at radius 2 is 1.67 bits per heavy atom. The first-order valence-electron chi connectivity index (χ1n) is 10.7. The lowest BCUT2D eigenvalue weighted by molar-refractivity contribution is -0.113. The van der Waals surface area contributed by atoms with Gasteiger partial charge in [-0.15, -0.1) is 10.2 Å². The van der Waals surface area contributed by atoms with E-state index in [0.717, 1.165) is 11.3 Å². The summed E-state index contributed by atoms with van der Waals surface area (Å²) >= 11 is 1.22. The number of hydrogen-bond acceptors (Lipinski definition) is 6. The van der Waals surface area contributed by atoms with Crippen molar-refractivity contribution in [2.45, 2.75) is 31.1 Å². The number of anilines is 1. The molecule has 1 N–H and O–H groups in total. The van der Waals surface area contributed by atoms with E-state index in [9.17, 15) is 4.79 Å². The van der Waals surface area contributed by atoms with E-state index >= 15 is 0 Å². The minimum atomic E-state index is -0.143. The summed E-state index contributed by atoms with van der Waals surface area (Å²) in [5, 5.41) is 11.4. The Balaban J connectivity index is 1.21. The summed E-state index contributed by atoms with van der Waals surface area (Å²) in [5.74, 6) is 1.62. The third kappa shape index (κ3) is 6.95. The van der Waals surface area contributed by atoms with Crippen LogP contribution < -0.4 is 10.1 Å². The van der Waals surface area contributed by atoms with Crippen molar-refractivity contribution in [2.24, 2.45) is 0 Å². The fraction of sp³-hybridized carbons (Fsp3) is 0.192. The largest absolute Gasteiger partial charge is 0.489 e. The van der Waals surface area contributed by atoms with Crippen molar-refractivity contribution in [2.75, 3.05) is 11.1 Å². The van der Waals surface area contributed by atoms with Crippen molar-refractivity contribution in [3.05, 3.63) is 102 Å². The summed E-state index contributed by atoms with van der Waals surface area (Å²) < 4.78 is 11.5. The number of benzene rings is 3. The molecule has 0 saturated heterocycles. The molecule has 4 aromatic rings. The van der Waals surface area contributed by atoms with E-state index < -0.39 is 0 Å². The van der Waals surface area contributed by atoms with Crippen LogP contribution in [-0.2, 0) is 17.8 Å². The van der Waals surface area contributed by atoms with Crippen molar-refractivity contribution >= 4 is 23.4 Å². The molecule has 33 heavy (non-hydrogen) atoms. The first-order chi connectivity index (χ1) is 16.2. The Morgan fingerprint density at radius 3 is 2.39 bits per heavy atom. The van der Waals surface area contributed by atoms with Crippen molar-refractivity contribution in [1.29, 1.82) is 0 Å². The van der Waals surface area contributed by atoms with Crippen LogP contribution in [0.3, 0.4) is 0 Å². The number of hydrogen-bond donors (Lipinski definition) is 1. The molecule has 0 spiro atoms. The Labute approximate surface area is 197 Å². The minimum absolute atomic E-state index is 0.143. The van der Waals surface area contributed by atoms with Gasteiger partial charge in [0, 0.05) is 12.1 Å². The maximum Gasteiger partial charge on any atom is 0.277 e. The molecule has 1 unspecified atom stereocenters. The molecule has 0 radical (unpaired) electrons. The van der Waals surface area contributed by atoms with Crippen molar-refractivity contribution in [3.8, 4) is 5.75 Å². The summed E-state index contributed by atoms with van der Waals surface area (Å²) in [6.07, 6.45) is 0.655. The van der Waals surface area contributed by atoms with Gasteiger partial charge < -0.3 is 14.5 Å². The monoisotopic (exact) mass is 459 g/mol. The molecule has 1 atom stereocenters. The molecule has 0 aliphatic carbocycles. The number of nitrogens with zero attached hydrogens (tertiary/aromatic N) is 2. The van der Waals surface area contributed by atoms with Gasteiger partial charge in [0.1, 0.15) is 12.4 Å². The Bertz CT molecular complexity index is 1150. The maximum absolute atomic E-state index is 12.3. The number of carbonyl (C=O) groups is 1. The standard InChI is InChI=1S/C26H25N3O3S/c1-19(21-10-6-3-7-11-21)16-25-28-29-26(32-25)33-18-24(30)27-22-12-14-23(15-13-22)31-17-20-8-4-2-5-9-20/h2-15,19H,16-18H2,1H3,(H,27,30). The van der Waals surface area contributed by atoms with Gasteiger partial charge >= 0.3 is 0 Å². The number of amides is 1. The molecule has 0 aliphatic heterocycles. The van der Waals surface area contributed by atoms with Crippen molar-refractivity contribution in [1.82, 2.24) is 10.2 Å². The normalized spacial score (nSPS) is 11.7. The van der Waals surface area contributed by atoms with Crippen LogP contribution in [0.4, 0.5) is 5.69 Å². The Kier molecular flexibility index (Phi) is 7.76. The molecule has 6 nitrogen and oxygen atoms in total. The number of thioether (sulfide) groups is 1. The first kappa shape index (κ1) is 22.6. The Hall–Kier alpha value is -3.58. The highest BCUT2D eigenvalue weighted by Crippen LogP contribution is 2.23. The predicted molar refractivity (Wildman–Crippen MR) is 129 cm³/mol. The zero-order valence-corrected chi connectivity index (χ0v) is 19.1. The molecule has 1 heterocycles. The molecule has 7 heteroatoms. The lowest BCUT2D eigenvalue weighted by Gasteiger charge is -2.08.